The van der Waals surface area contributed by atoms with Gasteiger partial charge in [0.25, 0.3) is 5.56 Å². The van der Waals surface area contributed by atoms with Gasteiger partial charge >= 0.3 is 6.09 Å². The first-order valence-electron chi connectivity index (χ1n) is 11.1. The Balaban J connectivity index is 1.76. The molecule has 0 aliphatic heterocycles. The monoisotopic (exact) mass is 457 g/mol. The van der Waals surface area contributed by atoms with Gasteiger partial charge < -0.3 is 19.4 Å². The number of fused-ring (bicyclic) bond motifs is 3. The molecular formula is C25H32FN3O4. The lowest BCUT2D eigenvalue weighted by atomic mass is 10.0. The Morgan fingerprint density at radius 1 is 1.21 bits per heavy atom. The molecule has 8 heteroatoms. The molecule has 178 valence electrons. The summed E-state index contributed by atoms with van der Waals surface area (Å²) in [6.07, 6.45) is 1.78. The van der Waals surface area contributed by atoms with Gasteiger partial charge in [-0.2, -0.15) is 0 Å². The van der Waals surface area contributed by atoms with E-state index in [0.717, 1.165) is 0 Å². The van der Waals surface area contributed by atoms with E-state index in [-0.39, 0.29) is 35.4 Å². The molecule has 33 heavy (non-hydrogen) atoms. The number of nitrogens with one attached hydrogen (secondary N) is 1. The highest BCUT2D eigenvalue weighted by molar-refractivity contribution is 6.06. The number of amides is 1. The smallest absolute Gasteiger partial charge is 0.407 e. The Labute approximate surface area is 192 Å². The van der Waals surface area contributed by atoms with Gasteiger partial charge in [0, 0.05) is 24.7 Å². The number of halogens is 1. The standard InChI is InChI=1S/C25H32FN3O4/c1-14(12-15(2)28-24(31)33-25(4,5)6)13-32-19-9-8-18-17-10-11-27-16(3)20(17)23(30)29(7)22(18)21(19)26/h8-11,14-15H,12-13H2,1-7H3,(H,28,31). The summed E-state index contributed by atoms with van der Waals surface area (Å²) in [5.74, 6) is -0.447. The minimum absolute atomic E-state index is 0.0409. The second kappa shape index (κ2) is 9.37. The van der Waals surface area contributed by atoms with Crippen molar-refractivity contribution in [1.82, 2.24) is 14.9 Å². The van der Waals surface area contributed by atoms with E-state index in [0.29, 0.717) is 28.3 Å². The van der Waals surface area contributed by atoms with Crippen LogP contribution in [0, 0.1) is 18.7 Å². The molecule has 2 atom stereocenters. The second-order valence-electron chi connectivity index (χ2n) is 9.66. The summed E-state index contributed by atoms with van der Waals surface area (Å²) in [6.45, 7) is 11.3. The fraction of sp³-hybridized carbons (Fsp3) is 0.480. The number of ether oxygens (including phenoxy) is 2. The Hall–Kier alpha value is -3.16. The lowest BCUT2D eigenvalue weighted by Crippen LogP contribution is -2.38. The zero-order valence-corrected chi connectivity index (χ0v) is 20.3. The molecule has 0 aliphatic carbocycles. The number of carbonyl (C=O) groups excluding carboxylic acids is 1. The van der Waals surface area contributed by atoms with Crippen LogP contribution >= 0.6 is 0 Å². The molecule has 0 bridgehead atoms. The van der Waals surface area contributed by atoms with E-state index in [1.165, 1.54) is 4.57 Å². The summed E-state index contributed by atoms with van der Waals surface area (Å²) < 4.78 is 27.8. The zero-order chi connectivity index (χ0) is 24.5. The maximum Gasteiger partial charge on any atom is 0.407 e. The van der Waals surface area contributed by atoms with Crippen LogP contribution in [0.5, 0.6) is 5.75 Å². The SMILES string of the molecule is Cc1nccc2c1c(=O)n(C)c1c(F)c(OCC(C)CC(C)NC(=O)OC(C)(C)C)ccc21. The summed E-state index contributed by atoms with van der Waals surface area (Å²) in [5, 5.41) is 4.59. The van der Waals surface area contributed by atoms with Crippen molar-refractivity contribution < 1.29 is 18.7 Å². The number of aryl methyl sites for hydroxylation is 2. The predicted octanol–water partition coefficient (Wildman–Crippen LogP) is 4.85. The zero-order valence-electron chi connectivity index (χ0n) is 20.3. The van der Waals surface area contributed by atoms with Crippen LogP contribution < -0.4 is 15.6 Å². The van der Waals surface area contributed by atoms with Crippen molar-refractivity contribution in [3.05, 3.63) is 46.3 Å². The van der Waals surface area contributed by atoms with Gasteiger partial charge in [-0.3, -0.25) is 9.78 Å². The number of hydrogen-bond acceptors (Lipinski definition) is 5. The minimum Gasteiger partial charge on any atom is -0.490 e. The lowest BCUT2D eigenvalue weighted by Gasteiger charge is -2.23. The van der Waals surface area contributed by atoms with E-state index in [9.17, 15) is 9.59 Å². The first-order valence-corrected chi connectivity index (χ1v) is 11.1. The first-order chi connectivity index (χ1) is 15.4. The highest BCUT2D eigenvalue weighted by Crippen LogP contribution is 2.30. The van der Waals surface area contributed by atoms with E-state index in [4.69, 9.17) is 9.47 Å². The average Bonchev–Trinajstić information content (AvgIpc) is 2.69. The summed E-state index contributed by atoms with van der Waals surface area (Å²) in [5.41, 5.74) is -0.0521. The minimum atomic E-state index is -0.574. The van der Waals surface area contributed by atoms with Crippen molar-refractivity contribution in [2.75, 3.05) is 6.61 Å². The number of aromatic nitrogens is 2. The van der Waals surface area contributed by atoms with Crippen LogP contribution in [0.15, 0.2) is 29.2 Å². The number of hydrogen-bond donors (Lipinski definition) is 1. The Morgan fingerprint density at radius 2 is 1.91 bits per heavy atom. The van der Waals surface area contributed by atoms with Crippen molar-refractivity contribution in [2.45, 2.75) is 59.6 Å². The summed E-state index contributed by atoms with van der Waals surface area (Å²) in [7, 11) is 1.55. The van der Waals surface area contributed by atoms with Crippen molar-refractivity contribution in [2.24, 2.45) is 13.0 Å². The van der Waals surface area contributed by atoms with E-state index in [2.05, 4.69) is 10.3 Å². The molecule has 0 radical (unpaired) electrons. The molecule has 0 saturated heterocycles. The van der Waals surface area contributed by atoms with Crippen LogP contribution in [0.3, 0.4) is 0 Å². The number of nitrogens with zero attached hydrogens (tertiary/aromatic N) is 2. The van der Waals surface area contributed by atoms with Gasteiger partial charge in [0.2, 0.25) is 0 Å². The number of rotatable bonds is 6. The fourth-order valence-corrected chi connectivity index (χ4v) is 4.00. The van der Waals surface area contributed by atoms with E-state index < -0.39 is 17.5 Å². The van der Waals surface area contributed by atoms with Crippen molar-refractivity contribution in [1.29, 1.82) is 0 Å². The van der Waals surface area contributed by atoms with Gasteiger partial charge in [0.05, 0.1) is 23.2 Å². The van der Waals surface area contributed by atoms with Crippen molar-refractivity contribution in [3.8, 4) is 5.75 Å². The van der Waals surface area contributed by atoms with Gasteiger partial charge in [-0.1, -0.05) is 6.92 Å². The second-order valence-corrected chi connectivity index (χ2v) is 9.66. The van der Waals surface area contributed by atoms with Crippen LogP contribution in [0.2, 0.25) is 0 Å². The Morgan fingerprint density at radius 3 is 2.58 bits per heavy atom. The third kappa shape index (κ3) is 5.43. The molecule has 1 N–H and O–H groups in total. The molecule has 3 rings (SSSR count). The number of pyridine rings is 2. The summed E-state index contributed by atoms with van der Waals surface area (Å²) >= 11 is 0. The summed E-state index contributed by atoms with van der Waals surface area (Å²) in [6, 6.07) is 4.95. The quantitative estimate of drug-likeness (QED) is 0.535. The van der Waals surface area contributed by atoms with Crippen molar-refractivity contribution >= 4 is 27.8 Å². The first kappa shape index (κ1) is 24.5. The van der Waals surface area contributed by atoms with Crippen LogP contribution in [0.25, 0.3) is 21.7 Å². The van der Waals surface area contributed by atoms with Crippen molar-refractivity contribution in [3.63, 3.8) is 0 Å². The molecule has 7 nitrogen and oxygen atoms in total. The molecular weight excluding hydrogens is 425 g/mol. The maximum atomic E-state index is 15.4. The molecule has 2 aromatic heterocycles. The molecule has 0 saturated carbocycles. The van der Waals surface area contributed by atoms with E-state index in [1.54, 1.807) is 38.4 Å². The Bertz CT molecular complexity index is 1250. The topological polar surface area (TPSA) is 82.5 Å². The Kier molecular flexibility index (Phi) is 6.95. The van der Waals surface area contributed by atoms with Crippen LogP contribution in [0.4, 0.5) is 9.18 Å². The van der Waals surface area contributed by atoms with E-state index >= 15 is 4.39 Å². The highest BCUT2D eigenvalue weighted by atomic mass is 19.1. The normalized spacial score (nSPS) is 13.7. The van der Waals surface area contributed by atoms with E-state index in [1.807, 2.05) is 34.6 Å². The van der Waals surface area contributed by atoms with Gasteiger partial charge in [-0.25, -0.2) is 9.18 Å². The number of carbonyl (C=O) groups is 1. The molecule has 0 aliphatic rings. The van der Waals surface area contributed by atoms with Gasteiger partial charge in [-0.05, 0) is 70.5 Å². The highest BCUT2D eigenvalue weighted by Gasteiger charge is 2.20. The summed E-state index contributed by atoms with van der Waals surface area (Å²) in [4.78, 5) is 29.0. The average molecular weight is 458 g/mol. The predicted molar refractivity (Wildman–Crippen MR) is 127 cm³/mol. The van der Waals surface area contributed by atoms with Crippen LogP contribution in [-0.2, 0) is 11.8 Å². The van der Waals surface area contributed by atoms with Gasteiger partial charge in [-0.15, -0.1) is 0 Å². The number of alkyl carbamates (subject to hydrolysis) is 1. The molecule has 0 fully saturated rings. The van der Waals surface area contributed by atoms with Crippen LogP contribution in [-0.4, -0.2) is 33.9 Å². The molecule has 1 aromatic carbocycles. The molecule has 2 unspecified atom stereocenters. The molecule has 0 spiro atoms. The largest absolute Gasteiger partial charge is 0.490 e. The molecule has 3 aromatic rings. The molecule has 1 amide bonds. The molecule has 2 heterocycles. The third-order valence-corrected chi connectivity index (χ3v) is 5.41. The van der Waals surface area contributed by atoms with Gasteiger partial charge in [0.1, 0.15) is 5.60 Å². The van der Waals surface area contributed by atoms with Gasteiger partial charge in [0.15, 0.2) is 11.6 Å². The fourth-order valence-electron chi connectivity index (χ4n) is 4.00. The number of benzene rings is 1. The maximum absolute atomic E-state index is 15.4. The van der Waals surface area contributed by atoms with Crippen LogP contribution in [0.1, 0.15) is 46.7 Å². The lowest BCUT2D eigenvalue weighted by molar-refractivity contribution is 0.0500. The third-order valence-electron chi connectivity index (χ3n) is 5.41.